The lowest BCUT2D eigenvalue weighted by molar-refractivity contribution is -0.384. The van der Waals surface area contributed by atoms with Crippen LogP contribution in [-0.2, 0) is 0 Å². The molecule has 1 rings (SSSR count). The van der Waals surface area contributed by atoms with Crippen LogP contribution >= 0.6 is 11.6 Å². The standard InChI is InChI=1S/C15H20ClNO2/c1-3-4-5-14(16)9-6-12(2)13-7-10-15(11-8-13)17(18)19/h6-8,10-11,14H,3-5,9H2,1-2H3. The second kappa shape index (κ2) is 7.95. The summed E-state index contributed by atoms with van der Waals surface area (Å²) in [6, 6.07) is 6.61. The first-order chi connectivity index (χ1) is 9.04. The second-order valence-corrected chi connectivity index (χ2v) is 5.28. The Morgan fingerprint density at radius 3 is 2.58 bits per heavy atom. The number of alkyl halides is 1. The number of nitro groups is 1. The molecule has 0 aliphatic heterocycles. The fourth-order valence-corrected chi connectivity index (χ4v) is 2.06. The molecule has 0 amide bonds. The topological polar surface area (TPSA) is 43.1 Å². The number of rotatable bonds is 7. The second-order valence-electron chi connectivity index (χ2n) is 4.67. The zero-order valence-electron chi connectivity index (χ0n) is 11.4. The van der Waals surface area contributed by atoms with Crippen molar-refractivity contribution >= 4 is 22.9 Å². The van der Waals surface area contributed by atoms with Gasteiger partial charge in [0.2, 0.25) is 0 Å². The molecule has 1 unspecified atom stereocenters. The number of non-ortho nitro benzene ring substituents is 1. The SMILES string of the molecule is CCCCC(Cl)CC=C(C)c1ccc([N+](=O)[O-])cc1. The van der Waals surface area contributed by atoms with Crippen LogP contribution in [0.1, 0.15) is 45.1 Å². The van der Waals surface area contributed by atoms with Crippen molar-refractivity contribution in [3.63, 3.8) is 0 Å². The van der Waals surface area contributed by atoms with Crippen LogP contribution in [0.3, 0.4) is 0 Å². The van der Waals surface area contributed by atoms with E-state index in [0.717, 1.165) is 36.8 Å². The van der Waals surface area contributed by atoms with Crippen LogP contribution in [0, 0.1) is 10.1 Å². The van der Waals surface area contributed by atoms with Crippen molar-refractivity contribution in [1.82, 2.24) is 0 Å². The van der Waals surface area contributed by atoms with E-state index in [4.69, 9.17) is 11.6 Å². The average Bonchev–Trinajstić information content (AvgIpc) is 2.42. The summed E-state index contributed by atoms with van der Waals surface area (Å²) in [7, 11) is 0. The van der Waals surface area contributed by atoms with E-state index < -0.39 is 0 Å². The number of benzene rings is 1. The predicted octanol–water partition coefficient (Wildman–Crippen LogP) is 5.19. The fourth-order valence-electron chi connectivity index (χ4n) is 1.81. The lowest BCUT2D eigenvalue weighted by atomic mass is 10.0. The molecule has 0 saturated carbocycles. The zero-order valence-corrected chi connectivity index (χ0v) is 12.2. The Hall–Kier alpha value is -1.35. The lowest BCUT2D eigenvalue weighted by Crippen LogP contribution is -1.96. The molecule has 0 aliphatic carbocycles. The summed E-state index contributed by atoms with van der Waals surface area (Å²) in [4.78, 5) is 10.2. The number of hydrogen-bond acceptors (Lipinski definition) is 2. The molecule has 1 atom stereocenters. The third-order valence-electron chi connectivity index (χ3n) is 3.08. The molecular formula is C15H20ClNO2. The highest BCUT2D eigenvalue weighted by Gasteiger charge is 2.06. The van der Waals surface area contributed by atoms with Crippen molar-refractivity contribution in [2.24, 2.45) is 0 Å². The molecule has 0 heterocycles. The van der Waals surface area contributed by atoms with Crippen molar-refractivity contribution in [3.05, 3.63) is 46.0 Å². The first-order valence-electron chi connectivity index (χ1n) is 6.60. The van der Waals surface area contributed by atoms with Crippen molar-refractivity contribution < 1.29 is 4.92 Å². The third kappa shape index (κ3) is 5.43. The van der Waals surface area contributed by atoms with Gasteiger partial charge in [-0.15, -0.1) is 11.6 Å². The minimum atomic E-state index is -0.387. The van der Waals surface area contributed by atoms with Crippen molar-refractivity contribution in [3.8, 4) is 0 Å². The highest BCUT2D eigenvalue weighted by molar-refractivity contribution is 6.20. The van der Waals surface area contributed by atoms with E-state index in [9.17, 15) is 10.1 Å². The molecule has 0 aromatic heterocycles. The summed E-state index contributed by atoms with van der Waals surface area (Å²) in [5.74, 6) is 0. The van der Waals surface area contributed by atoms with Gasteiger partial charge in [0.25, 0.3) is 5.69 Å². The molecule has 104 valence electrons. The first kappa shape index (κ1) is 15.7. The van der Waals surface area contributed by atoms with Crippen LogP contribution in [0.4, 0.5) is 5.69 Å². The fraction of sp³-hybridized carbons (Fsp3) is 0.467. The van der Waals surface area contributed by atoms with Crippen LogP contribution in [0.2, 0.25) is 0 Å². The Kier molecular flexibility index (Phi) is 6.57. The van der Waals surface area contributed by atoms with Gasteiger partial charge >= 0.3 is 0 Å². The normalized spacial score (nSPS) is 13.3. The van der Waals surface area contributed by atoms with Crippen LogP contribution in [0.15, 0.2) is 30.3 Å². The number of hydrogen-bond donors (Lipinski definition) is 0. The predicted molar refractivity (Wildman–Crippen MR) is 80.5 cm³/mol. The molecule has 0 aliphatic rings. The maximum Gasteiger partial charge on any atom is 0.269 e. The van der Waals surface area contributed by atoms with E-state index in [1.165, 1.54) is 12.1 Å². The van der Waals surface area contributed by atoms with Gasteiger partial charge in [0.05, 0.1) is 4.92 Å². The lowest BCUT2D eigenvalue weighted by Gasteiger charge is -2.07. The summed E-state index contributed by atoms with van der Waals surface area (Å²) in [5, 5.41) is 10.7. The Bertz CT molecular complexity index is 440. The van der Waals surface area contributed by atoms with E-state index in [0.29, 0.717) is 0 Å². The van der Waals surface area contributed by atoms with Gasteiger partial charge in [0, 0.05) is 17.5 Å². The van der Waals surface area contributed by atoms with Crippen molar-refractivity contribution in [2.45, 2.75) is 44.9 Å². The third-order valence-corrected chi connectivity index (χ3v) is 3.48. The molecule has 1 aromatic carbocycles. The van der Waals surface area contributed by atoms with Gasteiger partial charge in [0.15, 0.2) is 0 Å². The quantitative estimate of drug-likeness (QED) is 0.392. The molecule has 0 fully saturated rings. The summed E-state index contributed by atoms with van der Waals surface area (Å²) in [6.07, 6.45) is 6.29. The minimum Gasteiger partial charge on any atom is -0.258 e. The molecule has 3 nitrogen and oxygen atoms in total. The molecule has 19 heavy (non-hydrogen) atoms. The van der Waals surface area contributed by atoms with Crippen LogP contribution in [0.5, 0.6) is 0 Å². The van der Waals surface area contributed by atoms with E-state index in [1.54, 1.807) is 12.1 Å². The largest absolute Gasteiger partial charge is 0.269 e. The Balaban J connectivity index is 2.61. The number of allylic oxidation sites excluding steroid dienone is 2. The van der Waals surface area contributed by atoms with Crippen LogP contribution in [-0.4, -0.2) is 10.3 Å². The molecule has 0 bridgehead atoms. The van der Waals surface area contributed by atoms with Crippen LogP contribution in [0.25, 0.3) is 5.57 Å². The minimum absolute atomic E-state index is 0.120. The molecule has 0 radical (unpaired) electrons. The summed E-state index contributed by atoms with van der Waals surface area (Å²) < 4.78 is 0. The Labute approximate surface area is 119 Å². The monoisotopic (exact) mass is 281 g/mol. The van der Waals surface area contributed by atoms with Gasteiger partial charge < -0.3 is 0 Å². The number of unbranched alkanes of at least 4 members (excludes halogenated alkanes) is 1. The summed E-state index contributed by atoms with van der Waals surface area (Å²) >= 11 is 6.22. The van der Waals surface area contributed by atoms with Crippen LogP contribution < -0.4 is 0 Å². The molecule has 0 saturated heterocycles. The molecular weight excluding hydrogens is 262 g/mol. The highest BCUT2D eigenvalue weighted by atomic mass is 35.5. The van der Waals surface area contributed by atoms with E-state index in [2.05, 4.69) is 13.0 Å². The zero-order chi connectivity index (χ0) is 14.3. The molecule has 1 aromatic rings. The Morgan fingerprint density at radius 1 is 1.42 bits per heavy atom. The van der Waals surface area contributed by atoms with Crippen molar-refractivity contribution in [2.75, 3.05) is 0 Å². The van der Waals surface area contributed by atoms with Gasteiger partial charge in [-0.2, -0.15) is 0 Å². The maximum atomic E-state index is 10.6. The average molecular weight is 282 g/mol. The van der Waals surface area contributed by atoms with E-state index in [1.807, 2.05) is 6.92 Å². The van der Waals surface area contributed by atoms with E-state index in [-0.39, 0.29) is 16.0 Å². The molecule has 0 N–H and O–H groups in total. The first-order valence-corrected chi connectivity index (χ1v) is 7.04. The number of halogens is 1. The van der Waals surface area contributed by atoms with Gasteiger partial charge in [-0.3, -0.25) is 10.1 Å². The van der Waals surface area contributed by atoms with Gasteiger partial charge in [-0.05, 0) is 43.0 Å². The van der Waals surface area contributed by atoms with Crippen molar-refractivity contribution in [1.29, 1.82) is 0 Å². The van der Waals surface area contributed by atoms with Gasteiger partial charge in [0.1, 0.15) is 0 Å². The van der Waals surface area contributed by atoms with E-state index >= 15 is 0 Å². The maximum absolute atomic E-state index is 10.6. The number of nitro benzene ring substituents is 1. The highest BCUT2D eigenvalue weighted by Crippen LogP contribution is 2.20. The molecule has 4 heteroatoms. The summed E-state index contributed by atoms with van der Waals surface area (Å²) in [5.41, 5.74) is 2.23. The molecule has 0 spiro atoms. The summed E-state index contributed by atoms with van der Waals surface area (Å²) in [6.45, 7) is 4.16. The smallest absolute Gasteiger partial charge is 0.258 e. The Morgan fingerprint density at radius 2 is 2.05 bits per heavy atom. The van der Waals surface area contributed by atoms with Gasteiger partial charge in [-0.1, -0.05) is 25.8 Å². The number of nitrogens with zero attached hydrogens (tertiary/aromatic N) is 1. The van der Waals surface area contributed by atoms with Gasteiger partial charge in [-0.25, -0.2) is 0 Å².